The second kappa shape index (κ2) is 7.13. The maximum Gasteiger partial charge on any atom is 0.293 e. The summed E-state index contributed by atoms with van der Waals surface area (Å²) in [4.78, 5) is 14.9. The molecule has 0 unspecified atom stereocenters. The summed E-state index contributed by atoms with van der Waals surface area (Å²) in [6.45, 7) is 2.47. The van der Waals surface area contributed by atoms with E-state index in [1.807, 2.05) is 29.2 Å². The summed E-state index contributed by atoms with van der Waals surface area (Å²) in [6, 6.07) is 11.6. The fourth-order valence-corrected chi connectivity index (χ4v) is 3.94. The molecule has 1 heterocycles. The van der Waals surface area contributed by atoms with Crippen LogP contribution in [0.1, 0.15) is 0 Å². The number of nitrogens with zero attached hydrogens (tertiary/aromatic N) is 3. The van der Waals surface area contributed by atoms with Gasteiger partial charge in [-0.05, 0) is 24.3 Å². The van der Waals surface area contributed by atoms with Crippen LogP contribution >= 0.6 is 11.6 Å². The molecule has 7 nitrogen and oxygen atoms in total. The molecule has 0 radical (unpaired) electrons. The highest BCUT2D eigenvalue weighted by Gasteiger charge is 2.26. The Morgan fingerprint density at radius 3 is 2.12 bits per heavy atom. The zero-order chi connectivity index (χ0) is 18.9. The maximum absolute atomic E-state index is 11.7. The van der Waals surface area contributed by atoms with Gasteiger partial charge < -0.3 is 9.80 Å². The fraction of sp³-hybridized carbons (Fsp3) is 0.294. The van der Waals surface area contributed by atoms with Crippen molar-refractivity contribution in [2.24, 2.45) is 0 Å². The molecule has 0 saturated carbocycles. The van der Waals surface area contributed by atoms with Crippen molar-refractivity contribution in [1.29, 1.82) is 0 Å². The van der Waals surface area contributed by atoms with E-state index in [9.17, 15) is 18.5 Å². The largest absolute Gasteiger partial charge is 0.367 e. The van der Waals surface area contributed by atoms with Gasteiger partial charge in [-0.15, -0.1) is 0 Å². The average molecular weight is 396 g/mol. The van der Waals surface area contributed by atoms with Crippen molar-refractivity contribution in [3.8, 4) is 0 Å². The lowest BCUT2D eigenvalue weighted by molar-refractivity contribution is -0.384. The molecule has 138 valence electrons. The Hall–Kier alpha value is -2.32. The Kier molecular flexibility index (Phi) is 5.06. The molecule has 1 fully saturated rings. The van der Waals surface area contributed by atoms with Crippen LogP contribution in [-0.4, -0.2) is 45.8 Å². The molecule has 0 atom stereocenters. The van der Waals surface area contributed by atoms with Crippen molar-refractivity contribution >= 4 is 38.5 Å². The number of rotatable bonds is 4. The van der Waals surface area contributed by atoms with Crippen LogP contribution in [0.25, 0.3) is 0 Å². The minimum absolute atomic E-state index is 0.0531. The first-order valence-corrected chi connectivity index (χ1v) is 10.3. The number of nitro benzene ring substituents is 1. The Morgan fingerprint density at radius 1 is 1.00 bits per heavy atom. The molecule has 0 aliphatic carbocycles. The van der Waals surface area contributed by atoms with Crippen molar-refractivity contribution in [2.45, 2.75) is 4.90 Å². The Bertz CT molecular complexity index is 941. The van der Waals surface area contributed by atoms with E-state index in [1.54, 1.807) is 0 Å². The minimum atomic E-state index is -3.50. The van der Waals surface area contributed by atoms with Crippen molar-refractivity contribution < 1.29 is 13.3 Å². The third kappa shape index (κ3) is 3.76. The van der Waals surface area contributed by atoms with Gasteiger partial charge >= 0.3 is 0 Å². The topological polar surface area (TPSA) is 83.8 Å². The van der Waals surface area contributed by atoms with Gasteiger partial charge in [0.15, 0.2) is 9.84 Å². The first-order valence-electron chi connectivity index (χ1n) is 8.00. The number of nitro groups is 1. The molecule has 26 heavy (non-hydrogen) atoms. The second-order valence-corrected chi connectivity index (χ2v) is 8.53. The quantitative estimate of drug-likeness (QED) is 0.584. The SMILES string of the molecule is CS(=O)(=O)c1ccc(N2CCN(c3ccccc3Cl)CC2)c([N+](=O)[O-])c1. The van der Waals surface area contributed by atoms with E-state index in [0.29, 0.717) is 36.9 Å². The third-order valence-electron chi connectivity index (χ3n) is 4.39. The van der Waals surface area contributed by atoms with Crippen molar-refractivity contribution in [1.82, 2.24) is 0 Å². The van der Waals surface area contributed by atoms with Gasteiger partial charge in [-0.1, -0.05) is 23.7 Å². The maximum atomic E-state index is 11.7. The number of anilines is 2. The number of sulfone groups is 1. The van der Waals surface area contributed by atoms with E-state index in [1.165, 1.54) is 12.1 Å². The first-order chi connectivity index (χ1) is 12.3. The van der Waals surface area contributed by atoms with E-state index >= 15 is 0 Å². The summed E-state index contributed by atoms with van der Waals surface area (Å²) in [7, 11) is -3.50. The summed E-state index contributed by atoms with van der Waals surface area (Å²) in [5, 5.41) is 12.1. The zero-order valence-electron chi connectivity index (χ0n) is 14.1. The highest BCUT2D eigenvalue weighted by atomic mass is 35.5. The minimum Gasteiger partial charge on any atom is -0.367 e. The van der Waals surface area contributed by atoms with Crippen LogP contribution in [0.5, 0.6) is 0 Å². The summed E-state index contributed by atoms with van der Waals surface area (Å²) >= 11 is 6.24. The molecule has 9 heteroatoms. The van der Waals surface area contributed by atoms with Crippen LogP contribution in [0, 0.1) is 10.1 Å². The van der Waals surface area contributed by atoms with Gasteiger partial charge in [0.25, 0.3) is 5.69 Å². The lowest BCUT2D eigenvalue weighted by Crippen LogP contribution is -2.46. The molecule has 2 aromatic carbocycles. The van der Waals surface area contributed by atoms with Crippen LogP contribution < -0.4 is 9.80 Å². The number of halogens is 1. The van der Waals surface area contributed by atoms with Crippen LogP contribution in [0.4, 0.5) is 17.1 Å². The summed E-state index contributed by atoms with van der Waals surface area (Å²) in [5.74, 6) is 0. The molecule has 1 aliphatic heterocycles. The third-order valence-corrected chi connectivity index (χ3v) is 5.82. The zero-order valence-corrected chi connectivity index (χ0v) is 15.7. The van der Waals surface area contributed by atoms with Gasteiger partial charge in [0.1, 0.15) is 5.69 Å². The number of hydrogen-bond donors (Lipinski definition) is 0. The Labute approximate surface area is 156 Å². The van der Waals surface area contributed by atoms with Gasteiger partial charge in [-0.25, -0.2) is 8.42 Å². The highest BCUT2D eigenvalue weighted by Crippen LogP contribution is 2.33. The molecule has 0 N–H and O–H groups in total. The molecule has 0 amide bonds. The van der Waals surface area contributed by atoms with E-state index in [2.05, 4.69) is 4.90 Å². The Morgan fingerprint density at radius 2 is 1.58 bits per heavy atom. The van der Waals surface area contributed by atoms with Gasteiger partial charge in [0.05, 0.1) is 20.5 Å². The summed E-state index contributed by atoms with van der Waals surface area (Å²) < 4.78 is 23.3. The number of hydrogen-bond acceptors (Lipinski definition) is 6. The van der Waals surface area contributed by atoms with Gasteiger partial charge in [-0.3, -0.25) is 10.1 Å². The highest BCUT2D eigenvalue weighted by molar-refractivity contribution is 7.90. The standard InChI is InChI=1S/C17H18ClN3O4S/c1-26(24,25)13-6-7-16(17(12-13)21(22)23)20-10-8-19(9-11-20)15-5-3-2-4-14(15)18/h2-7,12H,8-11H2,1H3. The second-order valence-electron chi connectivity index (χ2n) is 6.11. The van der Waals surface area contributed by atoms with Crippen LogP contribution in [0.3, 0.4) is 0 Å². The smallest absolute Gasteiger partial charge is 0.293 e. The molecule has 0 bridgehead atoms. The molecular weight excluding hydrogens is 378 g/mol. The van der Waals surface area contributed by atoms with Crippen molar-refractivity contribution in [3.63, 3.8) is 0 Å². The molecule has 0 spiro atoms. The first kappa shape index (κ1) is 18.5. The number of para-hydroxylation sites is 1. The average Bonchev–Trinajstić information content (AvgIpc) is 2.61. The van der Waals surface area contributed by atoms with E-state index in [0.717, 1.165) is 18.0 Å². The van der Waals surface area contributed by atoms with Crippen LogP contribution in [0.15, 0.2) is 47.4 Å². The molecule has 0 aromatic heterocycles. The number of benzene rings is 2. The monoisotopic (exact) mass is 395 g/mol. The van der Waals surface area contributed by atoms with Gasteiger partial charge in [0, 0.05) is 38.5 Å². The fourth-order valence-electron chi connectivity index (χ4n) is 3.04. The van der Waals surface area contributed by atoms with Crippen LogP contribution in [0.2, 0.25) is 5.02 Å². The molecular formula is C17H18ClN3O4S. The lowest BCUT2D eigenvalue weighted by atomic mass is 10.2. The van der Waals surface area contributed by atoms with E-state index in [-0.39, 0.29) is 10.6 Å². The van der Waals surface area contributed by atoms with E-state index < -0.39 is 14.8 Å². The number of piperazine rings is 1. The van der Waals surface area contributed by atoms with Gasteiger partial charge in [0.2, 0.25) is 0 Å². The Balaban J connectivity index is 1.83. The van der Waals surface area contributed by atoms with Gasteiger partial charge in [-0.2, -0.15) is 0 Å². The van der Waals surface area contributed by atoms with Crippen molar-refractivity contribution in [2.75, 3.05) is 42.2 Å². The summed E-state index contributed by atoms with van der Waals surface area (Å²) in [6.07, 6.45) is 1.04. The molecule has 3 rings (SSSR count). The summed E-state index contributed by atoms with van der Waals surface area (Å²) in [5.41, 5.74) is 1.18. The predicted molar refractivity (Wildman–Crippen MR) is 102 cm³/mol. The predicted octanol–water partition coefficient (Wildman–Crippen LogP) is 2.98. The normalized spacial score (nSPS) is 15.2. The lowest BCUT2D eigenvalue weighted by Gasteiger charge is -2.37. The van der Waals surface area contributed by atoms with Crippen molar-refractivity contribution in [3.05, 3.63) is 57.6 Å². The van der Waals surface area contributed by atoms with Crippen LogP contribution in [-0.2, 0) is 9.84 Å². The molecule has 2 aromatic rings. The molecule has 1 aliphatic rings. The molecule has 1 saturated heterocycles. The van der Waals surface area contributed by atoms with E-state index in [4.69, 9.17) is 11.6 Å².